The summed E-state index contributed by atoms with van der Waals surface area (Å²) in [6.45, 7) is 6.55. The van der Waals surface area contributed by atoms with Crippen LogP contribution in [0.3, 0.4) is 0 Å². The molecule has 0 saturated heterocycles. The largest absolute Gasteiger partial charge is 0.514 e. The number of fused-ring (bicyclic) bond motifs is 2. The molecule has 0 unspecified atom stereocenters. The summed E-state index contributed by atoms with van der Waals surface area (Å²) in [5, 5.41) is 2.52. The highest BCUT2D eigenvalue weighted by atomic mass is 16.7. The van der Waals surface area contributed by atoms with Crippen LogP contribution in [0.15, 0.2) is 66.8 Å². The Bertz CT molecular complexity index is 1290. The van der Waals surface area contributed by atoms with Crippen LogP contribution in [0.1, 0.15) is 70.8 Å². The maximum absolute atomic E-state index is 12.6. The number of benzene rings is 3. The molecular formula is C33H40O6. The quantitative estimate of drug-likeness (QED) is 0.0677. The highest BCUT2D eigenvalue weighted by Crippen LogP contribution is 2.43. The van der Waals surface area contributed by atoms with Gasteiger partial charge in [-0.2, -0.15) is 0 Å². The molecule has 3 rings (SSSR count). The van der Waals surface area contributed by atoms with Crippen molar-refractivity contribution < 1.29 is 28.5 Å². The average Bonchev–Trinajstić information content (AvgIpc) is 2.93. The predicted octanol–water partition coefficient (Wildman–Crippen LogP) is 9.61. The van der Waals surface area contributed by atoms with Crippen LogP contribution in [0.5, 0.6) is 11.5 Å². The molecule has 3 aromatic carbocycles. The lowest BCUT2D eigenvalue weighted by molar-refractivity contribution is 0.109. The zero-order valence-electron chi connectivity index (χ0n) is 23.4. The molecule has 6 heteroatoms. The predicted molar refractivity (Wildman–Crippen MR) is 157 cm³/mol. The number of hydrogen-bond donors (Lipinski definition) is 0. The van der Waals surface area contributed by atoms with Crippen LogP contribution in [-0.4, -0.2) is 25.5 Å². The first kappa shape index (κ1) is 29.8. The first-order valence-corrected chi connectivity index (χ1v) is 14.0. The van der Waals surface area contributed by atoms with Crippen molar-refractivity contribution in [2.45, 2.75) is 72.1 Å². The molecule has 208 valence electrons. The van der Waals surface area contributed by atoms with Crippen LogP contribution in [0.4, 0.5) is 9.59 Å². The Kier molecular flexibility index (Phi) is 12.4. The third-order valence-corrected chi connectivity index (χ3v) is 6.33. The number of carbonyl (C=O) groups excluding carboxylic acids is 2. The molecule has 3 aromatic rings. The van der Waals surface area contributed by atoms with Crippen LogP contribution in [-0.2, 0) is 9.47 Å². The lowest BCUT2D eigenvalue weighted by Gasteiger charge is -2.16. The fourth-order valence-corrected chi connectivity index (χ4v) is 4.29. The molecule has 0 aliphatic rings. The number of rotatable bonds is 14. The van der Waals surface area contributed by atoms with Gasteiger partial charge in [0.2, 0.25) is 0 Å². The summed E-state index contributed by atoms with van der Waals surface area (Å²) in [6, 6.07) is 13.0. The van der Waals surface area contributed by atoms with Crippen molar-refractivity contribution in [1.82, 2.24) is 0 Å². The summed E-state index contributed by atoms with van der Waals surface area (Å²) < 4.78 is 22.1. The summed E-state index contributed by atoms with van der Waals surface area (Å²) in [4.78, 5) is 25.2. The van der Waals surface area contributed by atoms with Crippen molar-refractivity contribution in [3.63, 3.8) is 0 Å². The van der Waals surface area contributed by atoms with Gasteiger partial charge in [-0.05, 0) is 38.7 Å². The van der Waals surface area contributed by atoms with Gasteiger partial charge in [-0.25, -0.2) is 9.59 Å². The molecule has 0 aliphatic carbocycles. The highest BCUT2D eigenvalue weighted by Gasteiger charge is 2.21. The van der Waals surface area contributed by atoms with Crippen LogP contribution in [0.25, 0.3) is 21.5 Å². The molecule has 6 nitrogen and oxygen atoms in total. The molecule has 0 saturated carbocycles. The Morgan fingerprint density at radius 1 is 0.641 bits per heavy atom. The topological polar surface area (TPSA) is 71.1 Å². The third kappa shape index (κ3) is 9.17. The minimum Gasteiger partial charge on any atom is -0.430 e. The monoisotopic (exact) mass is 532 g/mol. The zero-order valence-corrected chi connectivity index (χ0v) is 23.4. The average molecular weight is 533 g/mol. The fraction of sp³-hybridized carbons (Fsp3) is 0.394. The third-order valence-electron chi connectivity index (χ3n) is 6.33. The summed E-state index contributed by atoms with van der Waals surface area (Å²) in [7, 11) is 0. The van der Waals surface area contributed by atoms with Crippen molar-refractivity contribution in [2.75, 3.05) is 13.2 Å². The zero-order chi connectivity index (χ0) is 27.9. The normalized spacial score (nSPS) is 11.5. The Balaban J connectivity index is 1.79. The lowest BCUT2D eigenvalue weighted by Crippen LogP contribution is -2.13. The van der Waals surface area contributed by atoms with Gasteiger partial charge in [0.1, 0.15) is 24.7 Å². The number of carbonyl (C=O) groups is 2. The van der Waals surface area contributed by atoms with Crippen LogP contribution in [0.2, 0.25) is 0 Å². The second-order valence-electron chi connectivity index (χ2n) is 9.51. The number of hydrogen-bond acceptors (Lipinski definition) is 6. The summed E-state index contributed by atoms with van der Waals surface area (Å²) in [5.74, 6) is 0.713. The van der Waals surface area contributed by atoms with E-state index in [1.165, 1.54) is 25.7 Å². The van der Waals surface area contributed by atoms with Crippen molar-refractivity contribution in [1.29, 1.82) is 0 Å². The van der Waals surface area contributed by atoms with Gasteiger partial charge in [-0.15, -0.1) is 0 Å². The molecule has 39 heavy (non-hydrogen) atoms. The molecule has 0 N–H and O–H groups in total. The molecule has 0 aliphatic heterocycles. The van der Waals surface area contributed by atoms with E-state index in [4.69, 9.17) is 18.9 Å². The Labute approximate surface area is 231 Å². The van der Waals surface area contributed by atoms with Gasteiger partial charge in [0.15, 0.2) is 0 Å². The molecule has 0 fully saturated rings. The van der Waals surface area contributed by atoms with Gasteiger partial charge < -0.3 is 18.9 Å². The van der Waals surface area contributed by atoms with E-state index < -0.39 is 12.3 Å². The molecule has 0 spiro atoms. The van der Waals surface area contributed by atoms with Crippen molar-refractivity contribution in [3.05, 3.63) is 72.3 Å². The van der Waals surface area contributed by atoms with E-state index in [1.54, 1.807) is 0 Å². The summed E-state index contributed by atoms with van der Waals surface area (Å²) in [5.41, 5.74) is 0.966. The van der Waals surface area contributed by atoms with E-state index in [0.717, 1.165) is 31.2 Å². The first-order chi connectivity index (χ1) is 19.0. The Morgan fingerprint density at radius 3 is 1.64 bits per heavy atom. The molecular weight excluding hydrogens is 492 g/mol. The van der Waals surface area contributed by atoms with Crippen molar-refractivity contribution >= 4 is 33.9 Å². The van der Waals surface area contributed by atoms with Crippen LogP contribution < -0.4 is 9.47 Å². The van der Waals surface area contributed by atoms with E-state index in [-0.39, 0.29) is 13.2 Å². The number of unbranched alkanes of at least 4 members (excludes halogenated alkanes) is 6. The second kappa shape index (κ2) is 16.2. The minimum atomic E-state index is -0.793. The van der Waals surface area contributed by atoms with E-state index in [9.17, 15) is 9.59 Å². The Morgan fingerprint density at radius 2 is 1.13 bits per heavy atom. The van der Waals surface area contributed by atoms with E-state index in [0.29, 0.717) is 33.0 Å². The summed E-state index contributed by atoms with van der Waals surface area (Å²) in [6.07, 6.45) is 15.0. The van der Waals surface area contributed by atoms with E-state index in [2.05, 4.69) is 13.8 Å². The molecule has 0 heterocycles. The van der Waals surface area contributed by atoms with Gasteiger partial charge in [0.25, 0.3) is 0 Å². The van der Waals surface area contributed by atoms with Crippen LogP contribution in [0, 0.1) is 6.92 Å². The smallest absolute Gasteiger partial charge is 0.430 e. The lowest BCUT2D eigenvalue weighted by atomic mass is 9.99. The number of allylic oxidation sites excluding steroid dienone is 2. The van der Waals surface area contributed by atoms with Crippen LogP contribution >= 0.6 is 0 Å². The molecule has 0 atom stereocenters. The first-order valence-electron chi connectivity index (χ1n) is 14.0. The SMILES string of the molecule is CCCCC/C=C/COC(=O)Oc1c2ccccc2c(OC(=O)OC/C=C/CCCCC)c2cc(C)ccc12. The standard InChI is InChI=1S/C33H40O6/c1-4-6-8-10-12-16-22-36-32(34)38-30-26-18-14-15-19-27(26)31(29-24-25(3)20-21-28(29)30)39-33(35)37-23-17-13-11-9-7-5-2/h12-21,24H,4-11,22-23H2,1-3H3/b16-12+,17-13+. The molecule has 0 radical (unpaired) electrons. The fourth-order valence-electron chi connectivity index (χ4n) is 4.29. The van der Waals surface area contributed by atoms with Gasteiger partial charge in [0, 0.05) is 21.5 Å². The van der Waals surface area contributed by atoms with Gasteiger partial charge in [0.05, 0.1) is 0 Å². The van der Waals surface area contributed by atoms with Gasteiger partial charge in [-0.1, -0.05) is 106 Å². The van der Waals surface area contributed by atoms with E-state index in [1.807, 2.05) is 73.7 Å². The van der Waals surface area contributed by atoms with Gasteiger partial charge in [-0.3, -0.25) is 0 Å². The van der Waals surface area contributed by atoms with Gasteiger partial charge >= 0.3 is 12.3 Å². The minimum absolute atomic E-state index is 0.139. The molecule has 0 aromatic heterocycles. The number of ether oxygens (including phenoxy) is 4. The van der Waals surface area contributed by atoms with Crippen molar-refractivity contribution in [3.8, 4) is 11.5 Å². The molecule has 0 bridgehead atoms. The Hall–Kier alpha value is -3.80. The maximum Gasteiger partial charge on any atom is 0.514 e. The second-order valence-corrected chi connectivity index (χ2v) is 9.51. The van der Waals surface area contributed by atoms with E-state index >= 15 is 0 Å². The summed E-state index contributed by atoms with van der Waals surface area (Å²) >= 11 is 0. The molecule has 0 amide bonds. The number of aryl methyl sites for hydroxylation is 1. The van der Waals surface area contributed by atoms with Crippen molar-refractivity contribution in [2.24, 2.45) is 0 Å². The maximum atomic E-state index is 12.6. The highest BCUT2D eigenvalue weighted by molar-refractivity contribution is 6.12.